The van der Waals surface area contributed by atoms with E-state index in [2.05, 4.69) is 36.3 Å². The molecule has 5 nitrogen and oxygen atoms in total. The van der Waals surface area contributed by atoms with Gasteiger partial charge in [-0.05, 0) is 31.2 Å². The van der Waals surface area contributed by atoms with Gasteiger partial charge < -0.3 is 10.2 Å². The van der Waals surface area contributed by atoms with Crippen LogP contribution < -0.4 is 5.32 Å². The molecule has 0 aliphatic carbocycles. The van der Waals surface area contributed by atoms with E-state index in [9.17, 15) is 9.59 Å². The summed E-state index contributed by atoms with van der Waals surface area (Å²) in [6.45, 7) is 7.62. The molecule has 6 heteroatoms. The van der Waals surface area contributed by atoms with Crippen LogP contribution in [0.4, 0.5) is 0 Å². The Kier molecular flexibility index (Phi) is 12.0. The van der Waals surface area contributed by atoms with Crippen molar-refractivity contribution in [3.8, 4) is 0 Å². The molecule has 1 heterocycles. The first-order chi connectivity index (χ1) is 15.5. The van der Waals surface area contributed by atoms with Crippen LogP contribution in [0.1, 0.15) is 82.3 Å². The average molecular weight is 458 g/mol. The predicted molar refractivity (Wildman–Crippen MR) is 133 cm³/mol. The van der Waals surface area contributed by atoms with Crippen molar-refractivity contribution in [3.63, 3.8) is 0 Å². The Morgan fingerprint density at radius 2 is 1.84 bits per heavy atom. The summed E-state index contributed by atoms with van der Waals surface area (Å²) in [6.07, 6.45) is 9.13. The maximum atomic E-state index is 13.0. The van der Waals surface area contributed by atoms with Gasteiger partial charge in [0.25, 0.3) is 0 Å². The van der Waals surface area contributed by atoms with Crippen LogP contribution >= 0.6 is 11.3 Å². The Bertz CT molecular complexity index is 780. The molecule has 1 unspecified atom stereocenters. The van der Waals surface area contributed by atoms with Crippen molar-refractivity contribution < 1.29 is 9.59 Å². The molecule has 2 atom stereocenters. The highest BCUT2D eigenvalue weighted by atomic mass is 32.1. The topological polar surface area (TPSA) is 62.3 Å². The summed E-state index contributed by atoms with van der Waals surface area (Å²) in [5.41, 5.74) is 1.17. The third-order valence-electron chi connectivity index (χ3n) is 5.72. The smallest absolute Gasteiger partial charge is 0.223 e. The zero-order chi connectivity index (χ0) is 23.2. The molecule has 0 radical (unpaired) electrons. The maximum absolute atomic E-state index is 13.0. The van der Waals surface area contributed by atoms with E-state index in [1.807, 2.05) is 35.4 Å². The number of aromatic nitrogens is 1. The first-order valence-corrected chi connectivity index (χ1v) is 12.9. The first kappa shape index (κ1) is 26.0. The lowest BCUT2D eigenvalue weighted by Gasteiger charge is -2.25. The minimum Gasteiger partial charge on any atom is -0.346 e. The van der Waals surface area contributed by atoms with E-state index in [4.69, 9.17) is 0 Å². The Hall–Kier alpha value is -2.21. The van der Waals surface area contributed by atoms with Gasteiger partial charge in [0, 0.05) is 37.0 Å². The summed E-state index contributed by atoms with van der Waals surface area (Å²) in [7, 11) is 0. The van der Waals surface area contributed by atoms with E-state index >= 15 is 0 Å². The van der Waals surface area contributed by atoms with Gasteiger partial charge >= 0.3 is 0 Å². The van der Waals surface area contributed by atoms with Gasteiger partial charge in [-0.15, -0.1) is 11.3 Å². The fourth-order valence-corrected chi connectivity index (χ4v) is 4.43. The van der Waals surface area contributed by atoms with Crippen molar-refractivity contribution in [2.45, 2.75) is 78.2 Å². The zero-order valence-electron chi connectivity index (χ0n) is 19.9. The minimum atomic E-state index is -0.166. The molecule has 0 aliphatic rings. The van der Waals surface area contributed by atoms with Crippen LogP contribution in [-0.2, 0) is 16.0 Å². The molecule has 0 saturated heterocycles. The lowest BCUT2D eigenvalue weighted by Crippen LogP contribution is -2.37. The lowest BCUT2D eigenvalue weighted by atomic mass is 10.0. The summed E-state index contributed by atoms with van der Waals surface area (Å²) < 4.78 is 0. The molecule has 0 bridgehead atoms. The van der Waals surface area contributed by atoms with Gasteiger partial charge in [-0.1, -0.05) is 70.4 Å². The third-order valence-corrected chi connectivity index (χ3v) is 6.61. The number of rotatable bonds is 15. The molecule has 0 spiro atoms. The van der Waals surface area contributed by atoms with Gasteiger partial charge in [0.05, 0.1) is 6.04 Å². The molecule has 0 saturated carbocycles. The predicted octanol–water partition coefficient (Wildman–Crippen LogP) is 5.78. The van der Waals surface area contributed by atoms with Crippen LogP contribution in [0, 0.1) is 5.92 Å². The highest BCUT2D eigenvalue weighted by molar-refractivity contribution is 7.09. The normalized spacial score (nSPS) is 12.8. The summed E-state index contributed by atoms with van der Waals surface area (Å²) in [5, 5.41) is 6.07. The Morgan fingerprint density at radius 1 is 1.06 bits per heavy atom. The Morgan fingerprint density at radius 3 is 2.50 bits per heavy atom. The summed E-state index contributed by atoms with van der Waals surface area (Å²) >= 11 is 1.56. The number of carbonyl (C=O) groups is 2. The monoisotopic (exact) mass is 457 g/mol. The number of benzene rings is 1. The number of hydrogen-bond donors (Lipinski definition) is 1. The molecule has 1 N–H and O–H groups in total. The van der Waals surface area contributed by atoms with Crippen LogP contribution in [0.15, 0.2) is 41.9 Å². The highest BCUT2D eigenvalue weighted by Crippen LogP contribution is 2.21. The molecule has 2 aromatic rings. The van der Waals surface area contributed by atoms with Crippen LogP contribution in [0.2, 0.25) is 0 Å². The standard InChI is InChI=1S/C26H39N3O2S/c1-4-6-7-11-14-24(30)29(17-5-2)18-15-21(3)25(31)28-23(26-27-16-19-32-26)20-22-12-9-8-10-13-22/h8-10,12-13,16,19,21,23H,4-7,11,14-15,17-18,20H2,1-3H3,(H,28,31)/t21-,23?/m1/s1. The molecule has 32 heavy (non-hydrogen) atoms. The molecule has 0 aliphatic heterocycles. The molecular weight excluding hydrogens is 418 g/mol. The Labute approximate surface area is 197 Å². The fourth-order valence-electron chi connectivity index (χ4n) is 3.74. The number of carbonyl (C=O) groups excluding carboxylic acids is 2. The second kappa shape index (κ2) is 14.8. The molecular formula is C26H39N3O2S. The lowest BCUT2D eigenvalue weighted by molar-refractivity contribution is -0.132. The highest BCUT2D eigenvalue weighted by Gasteiger charge is 2.22. The summed E-state index contributed by atoms with van der Waals surface area (Å²) in [5.74, 6) is 0.0776. The van der Waals surface area contributed by atoms with E-state index in [0.717, 1.165) is 30.8 Å². The molecule has 2 rings (SSSR count). The largest absolute Gasteiger partial charge is 0.346 e. The van der Waals surface area contributed by atoms with Gasteiger partial charge in [0.2, 0.25) is 11.8 Å². The molecule has 0 fully saturated rings. The number of nitrogens with zero attached hydrogens (tertiary/aromatic N) is 2. The summed E-state index contributed by atoms with van der Waals surface area (Å²) in [4.78, 5) is 32.0. The molecule has 1 aromatic carbocycles. The zero-order valence-corrected chi connectivity index (χ0v) is 20.7. The average Bonchev–Trinajstić information content (AvgIpc) is 3.34. The van der Waals surface area contributed by atoms with Crippen molar-refractivity contribution in [2.75, 3.05) is 13.1 Å². The van der Waals surface area contributed by atoms with E-state index in [0.29, 0.717) is 25.8 Å². The summed E-state index contributed by atoms with van der Waals surface area (Å²) in [6, 6.07) is 10.0. The number of unbranched alkanes of at least 4 members (excludes halogenated alkanes) is 3. The number of amides is 2. The number of thiazole rings is 1. The van der Waals surface area contributed by atoms with Crippen LogP contribution in [-0.4, -0.2) is 34.8 Å². The Balaban J connectivity index is 1.90. The van der Waals surface area contributed by atoms with Crippen molar-refractivity contribution >= 4 is 23.2 Å². The number of hydrogen-bond acceptors (Lipinski definition) is 4. The van der Waals surface area contributed by atoms with Gasteiger partial charge in [-0.25, -0.2) is 4.98 Å². The second-order valence-corrected chi connectivity index (χ2v) is 9.43. The van der Waals surface area contributed by atoms with Gasteiger partial charge in [-0.3, -0.25) is 9.59 Å². The third kappa shape index (κ3) is 9.11. The quantitative estimate of drug-likeness (QED) is 0.345. The van der Waals surface area contributed by atoms with Gasteiger partial charge in [0.15, 0.2) is 0 Å². The molecule has 2 amide bonds. The minimum absolute atomic E-state index is 0.0213. The van der Waals surface area contributed by atoms with Crippen molar-refractivity contribution in [1.29, 1.82) is 0 Å². The number of nitrogens with one attached hydrogen (secondary N) is 1. The van der Waals surface area contributed by atoms with Gasteiger partial charge in [-0.2, -0.15) is 0 Å². The van der Waals surface area contributed by atoms with Crippen LogP contribution in [0.3, 0.4) is 0 Å². The first-order valence-electron chi connectivity index (χ1n) is 12.1. The van der Waals surface area contributed by atoms with Crippen LogP contribution in [0.25, 0.3) is 0 Å². The molecule has 176 valence electrons. The van der Waals surface area contributed by atoms with Crippen molar-refractivity contribution in [2.24, 2.45) is 5.92 Å². The van der Waals surface area contributed by atoms with E-state index < -0.39 is 0 Å². The van der Waals surface area contributed by atoms with Crippen LogP contribution in [0.5, 0.6) is 0 Å². The van der Waals surface area contributed by atoms with E-state index in [1.165, 1.54) is 18.4 Å². The van der Waals surface area contributed by atoms with Gasteiger partial charge in [0.1, 0.15) is 5.01 Å². The van der Waals surface area contributed by atoms with E-state index in [1.54, 1.807) is 17.5 Å². The van der Waals surface area contributed by atoms with Crippen molar-refractivity contribution in [3.05, 3.63) is 52.5 Å². The fraction of sp³-hybridized carbons (Fsp3) is 0.577. The SMILES string of the molecule is CCCCCCC(=O)N(CCC)CC[C@@H](C)C(=O)NC(Cc1ccccc1)c1nccs1. The van der Waals surface area contributed by atoms with Crippen molar-refractivity contribution in [1.82, 2.24) is 15.2 Å². The van der Waals surface area contributed by atoms with E-state index in [-0.39, 0.29) is 23.8 Å². The second-order valence-electron chi connectivity index (χ2n) is 8.50. The molecule has 1 aromatic heterocycles. The maximum Gasteiger partial charge on any atom is 0.223 e.